The maximum absolute atomic E-state index is 12.8. The summed E-state index contributed by atoms with van der Waals surface area (Å²) in [5, 5.41) is 0. The molecule has 0 unspecified atom stereocenters. The molecule has 0 radical (unpaired) electrons. The van der Waals surface area contributed by atoms with Crippen LogP contribution < -0.4 is 5.56 Å². The highest BCUT2D eigenvalue weighted by molar-refractivity contribution is 5.76. The predicted octanol–water partition coefficient (Wildman–Crippen LogP) is 4.87. The number of hydrogen-bond acceptors (Lipinski definition) is 3. The van der Waals surface area contributed by atoms with Gasteiger partial charge in [0.15, 0.2) is 0 Å². The van der Waals surface area contributed by atoms with E-state index in [1.54, 1.807) is 6.07 Å². The lowest BCUT2D eigenvalue weighted by molar-refractivity contribution is -0.134. The molecule has 2 fully saturated rings. The second-order valence-electron chi connectivity index (χ2n) is 10.00. The number of rotatable bonds is 11. The first-order valence-electron chi connectivity index (χ1n) is 12.8. The summed E-state index contributed by atoms with van der Waals surface area (Å²) in [5.74, 6) is 1.07. The molecule has 2 saturated heterocycles. The third-order valence-corrected chi connectivity index (χ3v) is 7.52. The van der Waals surface area contributed by atoms with Gasteiger partial charge in [0, 0.05) is 50.3 Å². The highest BCUT2D eigenvalue weighted by atomic mass is 16.5. The molecule has 0 aliphatic carbocycles. The van der Waals surface area contributed by atoms with Gasteiger partial charge in [-0.25, -0.2) is 0 Å². The molecule has 4 heterocycles. The topological polar surface area (TPSA) is 51.5 Å². The molecule has 3 aliphatic heterocycles. The van der Waals surface area contributed by atoms with Gasteiger partial charge in [-0.05, 0) is 44.1 Å². The minimum Gasteiger partial charge on any atom is -0.378 e. The number of carbonyl (C=O) groups is 1. The van der Waals surface area contributed by atoms with Crippen molar-refractivity contribution in [2.24, 2.45) is 5.92 Å². The van der Waals surface area contributed by atoms with E-state index in [4.69, 9.17) is 4.74 Å². The summed E-state index contributed by atoms with van der Waals surface area (Å²) in [6, 6.07) is 5.58. The Kier molecular flexibility index (Phi) is 8.23. The van der Waals surface area contributed by atoms with Crippen LogP contribution in [0.4, 0.5) is 0 Å². The third kappa shape index (κ3) is 6.21. The average Bonchev–Trinajstić information content (AvgIpc) is 3.29. The normalized spacial score (nSPS) is 24.9. The van der Waals surface area contributed by atoms with Crippen molar-refractivity contribution in [2.45, 2.75) is 102 Å². The SMILES string of the molecule is O=C(CCCCCCCCCC[C@H]1CCCO1)N1C[C@@H]2C[C@@H](C1)c1cccc(=O)n1C2. The van der Waals surface area contributed by atoms with Crippen molar-refractivity contribution >= 4 is 5.91 Å². The number of carbonyl (C=O) groups excluding carboxylic acids is 1. The Balaban J connectivity index is 1.06. The fourth-order valence-corrected chi connectivity index (χ4v) is 5.84. The number of pyridine rings is 1. The molecule has 0 N–H and O–H groups in total. The van der Waals surface area contributed by atoms with Gasteiger partial charge < -0.3 is 14.2 Å². The molecular formula is C26H40N2O3. The van der Waals surface area contributed by atoms with Crippen LogP contribution in [0.5, 0.6) is 0 Å². The van der Waals surface area contributed by atoms with Crippen molar-refractivity contribution in [3.63, 3.8) is 0 Å². The Bertz CT molecular complexity index is 768. The third-order valence-electron chi connectivity index (χ3n) is 7.52. The molecule has 3 atom stereocenters. The van der Waals surface area contributed by atoms with Crippen molar-refractivity contribution in [3.8, 4) is 0 Å². The van der Waals surface area contributed by atoms with Crippen LogP contribution >= 0.6 is 0 Å². The number of piperidine rings is 1. The van der Waals surface area contributed by atoms with E-state index in [-0.39, 0.29) is 5.56 Å². The van der Waals surface area contributed by atoms with Crippen LogP contribution in [-0.2, 0) is 16.1 Å². The number of hydrogen-bond donors (Lipinski definition) is 0. The minimum absolute atomic E-state index is 0.106. The Labute approximate surface area is 187 Å². The summed E-state index contributed by atoms with van der Waals surface area (Å²) in [7, 11) is 0. The van der Waals surface area contributed by atoms with E-state index in [1.165, 1.54) is 64.2 Å². The first-order chi connectivity index (χ1) is 15.2. The summed E-state index contributed by atoms with van der Waals surface area (Å²) < 4.78 is 7.62. The van der Waals surface area contributed by atoms with Gasteiger partial charge in [0.05, 0.1) is 6.10 Å². The number of unbranched alkanes of at least 4 members (excludes halogenated alkanes) is 7. The van der Waals surface area contributed by atoms with Crippen LogP contribution in [0.1, 0.15) is 95.1 Å². The Hall–Kier alpha value is -1.62. The van der Waals surface area contributed by atoms with E-state index in [1.807, 2.05) is 10.6 Å². The van der Waals surface area contributed by atoms with Crippen molar-refractivity contribution in [1.82, 2.24) is 9.47 Å². The summed E-state index contributed by atoms with van der Waals surface area (Å²) >= 11 is 0. The number of ether oxygens (including phenoxy) is 1. The van der Waals surface area contributed by atoms with Crippen molar-refractivity contribution in [1.29, 1.82) is 0 Å². The molecule has 0 spiro atoms. The quantitative estimate of drug-likeness (QED) is 0.472. The number of nitrogens with zero attached hydrogens (tertiary/aromatic N) is 2. The minimum atomic E-state index is 0.106. The molecule has 2 bridgehead atoms. The summed E-state index contributed by atoms with van der Waals surface area (Å²) in [5.41, 5.74) is 1.23. The first kappa shape index (κ1) is 22.6. The molecule has 5 heteroatoms. The molecule has 3 aliphatic rings. The molecule has 4 rings (SSSR count). The highest BCUT2D eigenvalue weighted by Gasteiger charge is 2.35. The van der Waals surface area contributed by atoms with Crippen LogP contribution in [0.2, 0.25) is 0 Å². The largest absolute Gasteiger partial charge is 0.378 e. The van der Waals surface area contributed by atoms with Gasteiger partial charge in [-0.3, -0.25) is 9.59 Å². The zero-order valence-electron chi connectivity index (χ0n) is 19.1. The lowest BCUT2D eigenvalue weighted by Gasteiger charge is -2.42. The molecule has 1 amide bonds. The Morgan fingerprint density at radius 2 is 1.74 bits per heavy atom. The van der Waals surface area contributed by atoms with Crippen molar-refractivity contribution < 1.29 is 9.53 Å². The standard InChI is InChI=1S/C26H40N2O3/c29-25(14-8-6-4-2-1-3-5-7-11-23-12-10-16-31-23)27-18-21-17-22(20-27)24-13-9-15-26(30)28(24)19-21/h9,13,15,21-23H,1-8,10-12,14,16-20H2/t21-,22-,23-/m0/s1. The van der Waals surface area contributed by atoms with Gasteiger partial charge in [0.1, 0.15) is 0 Å². The lowest BCUT2D eigenvalue weighted by Crippen LogP contribution is -2.49. The summed E-state index contributed by atoms with van der Waals surface area (Å²) in [6.45, 7) is 3.34. The predicted molar refractivity (Wildman–Crippen MR) is 123 cm³/mol. The van der Waals surface area contributed by atoms with Gasteiger partial charge in [-0.15, -0.1) is 0 Å². The van der Waals surface area contributed by atoms with Crippen molar-refractivity contribution in [2.75, 3.05) is 19.7 Å². The van der Waals surface area contributed by atoms with E-state index in [0.29, 0.717) is 30.3 Å². The molecule has 5 nitrogen and oxygen atoms in total. The molecule has 0 saturated carbocycles. The van der Waals surface area contributed by atoms with Gasteiger partial charge in [-0.1, -0.05) is 51.0 Å². The second kappa shape index (κ2) is 11.3. The van der Waals surface area contributed by atoms with E-state index in [2.05, 4.69) is 11.0 Å². The zero-order chi connectivity index (χ0) is 21.5. The smallest absolute Gasteiger partial charge is 0.250 e. The monoisotopic (exact) mass is 428 g/mol. The molecule has 0 aromatic carbocycles. The second-order valence-corrected chi connectivity index (χ2v) is 10.00. The van der Waals surface area contributed by atoms with Crippen molar-refractivity contribution in [3.05, 3.63) is 34.2 Å². The maximum atomic E-state index is 12.8. The van der Waals surface area contributed by atoms with Gasteiger partial charge in [0.2, 0.25) is 5.91 Å². The highest BCUT2D eigenvalue weighted by Crippen LogP contribution is 2.35. The van der Waals surface area contributed by atoms with Crippen LogP contribution in [-0.4, -0.2) is 41.2 Å². The first-order valence-corrected chi connectivity index (χ1v) is 12.8. The average molecular weight is 429 g/mol. The van der Waals surface area contributed by atoms with E-state index in [0.717, 1.165) is 44.8 Å². The molecule has 172 valence electrons. The van der Waals surface area contributed by atoms with Crippen LogP contribution in [0.3, 0.4) is 0 Å². The lowest BCUT2D eigenvalue weighted by atomic mass is 9.83. The van der Waals surface area contributed by atoms with Crippen LogP contribution in [0, 0.1) is 5.92 Å². The summed E-state index contributed by atoms with van der Waals surface area (Å²) in [4.78, 5) is 27.0. The molecular weight excluding hydrogens is 388 g/mol. The Morgan fingerprint density at radius 1 is 0.968 bits per heavy atom. The number of amides is 1. The van der Waals surface area contributed by atoms with Gasteiger partial charge >= 0.3 is 0 Å². The van der Waals surface area contributed by atoms with Gasteiger partial charge in [-0.2, -0.15) is 0 Å². The fraction of sp³-hybridized carbons (Fsp3) is 0.769. The van der Waals surface area contributed by atoms with E-state index < -0.39 is 0 Å². The van der Waals surface area contributed by atoms with Crippen LogP contribution in [0.15, 0.2) is 23.0 Å². The zero-order valence-corrected chi connectivity index (χ0v) is 19.1. The van der Waals surface area contributed by atoms with E-state index >= 15 is 0 Å². The fourth-order valence-electron chi connectivity index (χ4n) is 5.84. The Morgan fingerprint density at radius 3 is 2.52 bits per heavy atom. The summed E-state index contributed by atoms with van der Waals surface area (Å²) in [6.07, 6.45) is 16.2. The van der Waals surface area contributed by atoms with Gasteiger partial charge in [0.25, 0.3) is 5.56 Å². The number of aromatic nitrogens is 1. The number of fused-ring (bicyclic) bond motifs is 4. The van der Waals surface area contributed by atoms with E-state index in [9.17, 15) is 9.59 Å². The number of likely N-dealkylation sites (tertiary alicyclic amines) is 1. The van der Waals surface area contributed by atoms with Crippen LogP contribution in [0.25, 0.3) is 0 Å². The maximum Gasteiger partial charge on any atom is 0.250 e. The molecule has 1 aromatic heterocycles. The molecule has 31 heavy (non-hydrogen) atoms. The molecule has 1 aromatic rings.